The molecule has 0 aliphatic heterocycles. The van der Waals surface area contributed by atoms with Gasteiger partial charge in [-0.15, -0.1) is 0 Å². The molecule has 1 aromatic carbocycles. The molecule has 0 fully saturated rings. The standard InChI is InChI=1S/C11H8BrFN2/c1-7-4-5-14-11(15-7)8-2-3-10(13)9(12)6-8/h2-6H,1H3. The van der Waals surface area contributed by atoms with Crippen LogP contribution in [0.1, 0.15) is 5.69 Å². The Morgan fingerprint density at radius 2 is 2.07 bits per heavy atom. The largest absolute Gasteiger partial charge is 0.237 e. The zero-order chi connectivity index (χ0) is 10.8. The SMILES string of the molecule is Cc1ccnc(-c2ccc(F)c(Br)c2)n1. The highest BCUT2D eigenvalue weighted by atomic mass is 79.9. The van der Waals surface area contributed by atoms with Crippen molar-refractivity contribution in [1.29, 1.82) is 0 Å². The second-order valence-corrected chi connectivity index (χ2v) is 4.00. The molecule has 0 saturated heterocycles. The lowest BCUT2D eigenvalue weighted by Crippen LogP contribution is -1.91. The summed E-state index contributed by atoms with van der Waals surface area (Å²) in [6.45, 7) is 1.89. The van der Waals surface area contributed by atoms with Crippen molar-refractivity contribution < 1.29 is 4.39 Å². The quantitative estimate of drug-likeness (QED) is 0.791. The van der Waals surface area contributed by atoms with E-state index in [1.807, 2.05) is 13.0 Å². The Morgan fingerprint density at radius 1 is 1.27 bits per heavy atom. The van der Waals surface area contributed by atoms with Gasteiger partial charge >= 0.3 is 0 Å². The maximum absolute atomic E-state index is 13.0. The fourth-order valence-electron chi connectivity index (χ4n) is 1.22. The van der Waals surface area contributed by atoms with Crippen molar-refractivity contribution in [1.82, 2.24) is 9.97 Å². The lowest BCUT2D eigenvalue weighted by atomic mass is 10.2. The summed E-state index contributed by atoms with van der Waals surface area (Å²) in [4.78, 5) is 8.39. The molecule has 4 heteroatoms. The van der Waals surface area contributed by atoms with Crippen LogP contribution >= 0.6 is 15.9 Å². The number of aryl methyl sites for hydroxylation is 1. The number of benzene rings is 1. The van der Waals surface area contributed by atoms with Crippen molar-refractivity contribution in [3.05, 3.63) is 46.4 Å². The summed E-state index contributed by atoms with van der Waals surface area (Å²) in [5.41, 5.74) is 1.69. The van der Waals surface area contributed by atoms with E-state index in [1.54, 1.807) is 18.3 Å². The van der Waals surface area contributed by atoms with E-state index in [9.17, 15) is 4.39 Å². The number of rotatable bonds is 1. The highest BCUT2D eigenvalue weighted by Crippen LogP contribution is 2.22. The number of nitrogens with zero attached hydrogens (tertiary/aromatic N) is 2. The van der Waals surface area contributed by atoms with Crippen LogP contribution in [0.5, 0.6) is 0 Å². The van der Waals surface area contributed by atoms with Gasteiger partial charge in [0.05, 0.1) is 4.47 Å². The molecule has 0 aliphatic rings. The Hall–Kier alpha value is -1.29. The third-order valence-electron chi connectivity index (χ3n) is 1.97. The van der Waals surface area contributed by atoms with E-state index < -0.39 is 0 Å². The number of halogens is 2. The molecule has 0 saturated carbocycles. The average molecular weight is 267 g/mol. The van der Waals surface area contributed by atoms with E-state index in [0.717, 1.165) is 11.3 Å². The monoisotopic (exact) mass is 266 g/mol. The van der Waals surface area contributed by atoms with Crippen LogP contribution in [0.15, 0.2) is 34.9 Å². The van der Waals surface area contributed by atoms with Crippen LogP contribution in [0.3, 0.4) is 0 Å². The lowest BCUT2D eigenvalue weighted by Gasteiger charge is -2.01. The molecule has 0 radical (unpaired) electrons. The Kier molecular flexibility index (Phi) is 2.77. The maximum Gasteiger partial charge on any atom is 0.159 e. The van der Waals surface area contributed by atoms with E-state index >= 15 is 0 Å². The minimum atomic E-state index is -0.286. The van der Waals surface area contributed by atoms with Crippen LogP contribution in [0.4, 0.5) is 4.39 Å². The molecule has 0 amide bonds. The minimum absolute atomic E-state index is 0.286. The fourth-order valence-corrected chi connectivity index (χ4v) is 1.60. The molecular formula is C11H8BrFN2. The molecule has 2 nitrogen and oxygen atoms in total. The van der Waals surface area contributed by atoms with E-state index in [-0.39, 0.29) is 5.82 Å². The fraction of sp³-hybridized carbons (Fsp3) is 0.0909. The average Bonchev–Trinajstić information content (AvgIpc) is 2.22. The van der Waals surface area contributed by atoms with Crippen LogP contribution in [-0.2, 0) is 0 Å². The van der Waals surface area contributed by atoms with Crippen LogP contribution in [0.25, 0.3) is 11.4 Å². The number of hydrogen-bond donors (Lipinski definition) is 0. The number of aromatic nitrogens is 2. The minimum Gasteiger partial charge on any atom is -0.237 e. The summed E-state index contributed by atoms with van der Waals surface area (Å²) in [5.74, 6) is 0.321. The third-order valence-corrected chi connectivity index (χ3v) is 2.58. The van der Waals surface area contributed by atoms with Crippen LogP contribution in [-0.4, -0.2) is 9.97 Å². The zero-order valence-electron chi connectivity index (χ0n) is 8.04. The molecular weight excluding hydrogens is 259 g/mol. The summed E-state index contributed by atoms with van der Waals surface area (Å²) in [6, 6.07) is 6.55. The zero-order valence-corrected chi connectivity index (χ0v) is 9.62. The third kappa shape index (κ3) is 2.21. The summed E-state index contributed by atoms with van der Waals surface area (Å²) >= 11 is 3.13. The Labute approximate surface area is 95.3 Å². The molecule has 0 unspecified atom stereocenters. The van der Waals surface area contributed by atoms with Crippen LogP contribution < -0.4 is 0 Å². The first-order valence-corrected chi connectivity index (χ1v) is 5.21. The first kappa shape index (κ1) is 10.2. The van der Waals surface area contributed by atoms with Crippen molar-refractivity contribution in [2.24, 2.45) is 0 Å². The van der Waals surface area contributed by atoms with Gasteiger partial charge in [0.2, 0.25) is 0 Å². The number of hydrogen-bond acceptors (Lipinski definition) is 2. The topological polar surface area (TPSA) is 25.8 Å². The highest BCUT2D eigenvalue weighted by Gasteiger charge is 2.04. The summed E-state index contributed by atoms with van der Waals surface area (Å²) in [5, 5.41) is 0. The van der Waals surface area contributed by atoms with Gasteiger partial charge in [-0.25, -0.2) is 14.4 Å². The first-order chi connectivity index (χ1) is 7.16. The van der Waals surface area contributed by atoms with Crippen molar-refractivity contribution in [2.75, 3.05) is 0 Å². The molecule has 2 rings (SSSR count). The Balaban J connectivity index is 2.50. The molecule has 15 heavy (non-hydrogen) atoms. The van der Waals surface area contributed by atoms with Gasteiger partial charge in [0.25, 0.3) is 0 Å². The lowest BCUT2D eigenvalue weighted by molar-refractivity contribution is 0.621. The predicted molar refractivity (Wildman–Crippen MR) is 59.9 cm³/mol. The summed E-state index contributed by atoms with van der Waals surface area (Å²) in [7, 11) is 0. The van der Waals surface area contributed by atoms with Gasteiger partial charge < -0.3 is 0 Å². The van der Waals surface area contributed by atoms with E-state index in [2.05, 4.69) is 25.9 Å². The second kappa shape index (κ2) is 4.06. The van der Waals surface area contributed by atoms with Crippen molar-refractivity contribution in [3.8, 4) is 11.4 Å². The smallest absolute Gasteiger partial charge is 0.159 e. The van der Waals surface area contributed by atoms with Gasteiger partial charge in [0.1, 0.15) is 5.82 Å². The predicted octanol–water partition coefficient (Wildman–Crippen LogP) is 3.35. The first-order valence-electron chi connectivity index (χ1n) is 4.42. The molecule has 76 valence electrons. The van der Waals surface area contributed by atoms with E-state index in [0.29, 0.717) is 10.3 Å². The summed E-state index contributed by atoms with van der Waals surface area (Å²) in [6.07, 6.45) is 1.69. The molecule has 0 bridgehead atoms. The molecule has 0 N–H and O–H groups in total. The molecule has 1 aromatic heterocycles. The van der Waals surface area contributed by atoms with Crippen molar-refractivity contribution in [2.45, 2.75) is 6.92 Å². The van der Waals surface area contributed by atoms with Gasteiger partial charge in [0.15, 0.2) is 5.82 Å². The van der Waals surface area contributed by atoms with Gasteiger partial charge in [-0.05, 0) is 47.1 Å². The van der Waals surface area contributed by atoms with E-state index in [1.165, 1.54) is 6.07 Å². The van der Waals surface area contributed by atoms with Crippen molar-refractivity contribution in [3.63, 3.8) is 0 Å². The van der Waals surface area contributed by atoms with Gasteiger partial charge in [0, 0.05) is 17.5 Å². The van der Waals surface area contributed by atoms with Crippen molar-refractivity contribution >= 4 is 15.9 Å². The van der Waals surface area contributed by atoms with Gasteiger partial charge in [-0.1, -0.05) is 0 Å². The van der Waals surface area contributed by atoms with Gasteiger partial charge in [-0.3, -0.25) is 0 Å². The second-order valence-electron chi connectivity index (χ2n) is 3.15. The van der Waals surface area contributed by atoms with E-state index in [4.69, 9.17) is 0 Å². The molecule has 0 spiro atoms. The normalized spacial score (nSPS) is 10.3. The Bertz CT molecular complexity index is 500. The van der Waals surface area contributed by atoms with Gasteiger partial charge in [-0.2, -0.15) is 0 Å². The highest BCUT2D eigenvalue weighted by molar-refractivity contribution is 9.10. The van der Waals surface area contributed by atoms with Crippen LogP contribution in [0.2, 0.25) is 0 Å². The van der Waals surface area contributed by atoms with Crippen LogP contribution in [0, 0.1) is 12.7 Å². The molecule has 0 aliphatic carbocycles. The Morgan fingerprint density at radius 3 is 2.73 bits per heavy atom. The maximum atomic E-state index is 13.0. The molecule has 1 heterocycles. The summed E-state index contributed by atoms with van der Waals surface area (Å²) < 4.78 is 13.4. The molecule has 0 atom stereocenters. The molecule has 2 aromatic rings.